The van der Waals surface area contributed by atoms with E-state index in [0.717, 1.165) is 20.8 Å². The van der Waals surface area contributed by atoms with Gasteiger partial charge in [-0.1, -0.05) is 0 Å². The third-order valence-corrected chi connectivity index (χ3v) is 15.7. The predicted molar refractivity (Wildman–Crippen MR) is 265 cm³/mol. The minimum atomic E-state index is -2.39. The maximum absolute atomic E-state index is 12.9. The van der Waals surface area contributed by atoms with Gasteiger partial charge in [0.05, 0.1) is 45.7 Å². The average molecular weight is 1260 g/mol. The summed E-state index contributed by atoms with van der Waals surface area (Å²) in [5, 5.41) is 214. The lowest BCUT2D eigenvalue weighted by Crippen LogP contribution is -2.70. The van der Waals surface area contributed by atoms with Gasteiger partial charge in [0.2, 0.25) is 17.7 Å². The normalized spacial score (nSPS) is 49.4. The molecule has 0 radical (unpaired) electrons. The fourth-order valence-electron chi connectivity index (χ4n) is 10.9. The molecular weight excluding hydrogens is 1180 g/mol. The topological polar surface area (TPSA) is 592 Å². The van der Waals surface area contributed by atoms with Crippen molar-refractivity contribution in [1.29, 1.82) is 0 Å². The van der Waals surface area contributed by atoms with Gasteiger partial charge in [-0.15, -0.1) is 0 Å². The van der Waals surface area contributed by atoms with Crippen LogP contribution in [0.4, 0.5) is 0 Å². The Morgan fingerprint density at radius 1 is 0.326 bits per heavy atom. The van der Waals surface area contributed by atoms with Gasteiger partial charge in [-0.2, -0.15) is 0 Å². The van der Waals surface area contributed by atoms with Crippen LogP contribution in [0.3, 0.4) is 0 Å². The smallest absolute Gasteiger partial charge is 0.217 e. The van der Waals surface area contributed by atoms with Crippen LogP contribution in [-0.4, -0.2) is 369 Å². The number of aliphatic hydroxyl groups excluding tert-OH is 19. The number of hydrogen-bond donors (Lipinski definition) is 22. The Balaban J connectivity index is 1.19. The quantitative estimate of drug-likeness (QED) is 0.0507. The summed E-state index contributed by atoms with van der Waals surface area (Å²) in [7, 11) is 0. The highest BCUT2D eigenvalue weighted by Crippen LogP contribution is 2.37. The van der Waals surface area contributed by atoms with E-state index in [9.17, 15) is 111 Å². The second-order valence-corrected chi connectivity index (χ2v) is 21.8. The molecule has 7 fully saturated rings. The van der Waals surface area contributed by atoms with E-state index >= 15 is 0 Å². The Kier molecular flexibility index (Phi) is 25.0. The molecule has 38 heteroatoms. The Hall–Kier alpha value is -2.87. The van der Waals surface area contributed by atoms with Crippen LogP contribution in [0.25, 0.3) is 0 Å². The molecule has 0 unspecified atom stereocenters. The zero-order valence-electron chi connectivity index (χ0n) is 46.5. The van der Waals surface area contributed by atoms with Crippen molar-refractivity contribution in [3.63, 3.8) is 0 Å². The van der Waals surface area contributed by atoms with Crippen molar-refractivity contribution in [2.24, 2.45) is 0 Å². The largest absolute Gasteiger partial charge is 0.394 e. The van der Waals surface area contributed by atoms with Gasteiger partial charge < -0.3 is 175 Å². The monoisotopic (exact) mass is 1260 g/mol. The van der Waals surface area contributed by atoms with E-state index in [1.54, 1.807) is 0 Å². The molecule has 3 amide bonds. The first-order valence-electron chi connectivity index (χ1n) is 27.5. The fourth-order valence-corrected chi connectivity index (χ4v) is 10.9. The second-order valence-electron chi connectivity index (χ2n) is 21.8. The van der Waals surface area contributed by atoms with E-state index in [2.05, 4.69) is 16.0 Å². The van der Waals surface area contributed by atoms with Crippen LogP contribution < -0.4 is 16.0 Å². The Morgan fingerprint density at radius 3 is 1.26 bits per heavy atom. The number of amides is 3. The van der Waals surface area contributed by atoms with Gasteiger partial charge in [-0.25, -0.2) is 0 Å². The number of carbonyl (C=O) groups excluding carboxylic acids is 3. The SMILES string of the molecule is CC(=O)N[C@@H]1[C@@H](O)[C@H](O[C@@H]2O[C@H](CO)[C@@H](O[C@@H]3O[C@H](CO[C@H]4O[C@H](CO)[C@@H](O)[C@H](O)[C@@H]4O)[C@@H](O)[C@H](O[C@H]4O[C@H](CO)[C@@H](O)[C@H](O)[C@@H]4O[C@H]4O[C@H](CO)[C@@H](O)[C@H](O)[C@H]4NC(C)=O)[C@@H]3O)[C@H](O)[C@H]2NC(C)=O)[C@@H](CO[C@@H]2O[C@@H](C)[C@@H](O)[C@@H](O)[C@@H]2O)O[C@H]1O. The first-order valence-corrected chi connectivity index (χ1v) is 27.5. The molecule has 7 aliphatic heterocycles. The van der Waals surface area contributed by atoms with Crippen molar-refractivity contribution < 1.29 is 173 Å². The number of nitrogens with one attached hydrogen (secondary N) is 3. The van der Waals surface area contributed by atoms with Crippen LogP contribution >= 0.6 is 0 Å². The van der Waals surface area contributed by atoms with Crippen molar-refractivity contribution in [2.45, 2.75) is 242 Å². The first kappa shape index (κ1) is 70.6. The molecule has 7 saturated heterocycles. The molecule has 0 bridgehead atoms. The summed E-state index contributed by atoms with van der Waals surface area (Å²) in [4.78, 5) is 37.4. The minimum absolute atomic E-state index is 0.770. The minimum Gasteiger partial charge on any atom is -0.394 e. The summed E-state index contributed by atoms with van der Waals surface area (Å²) in [6.45, 7) is -1.41. The van der Waals surface area contributed by atoms with Crippen LogP contribution in [0.15, 0.2) is 0 Å². The highest BCUT2D eigenvalue weighted by atomic mass is 16.8. The summed E-state index contributed by atoms with van der Waals surface area (Å²) < 4.78 is 75.7. The van der Waals surface area contributed by atoms with Gasteiger partial charge in [0, 0.05) is 20.8 Å². The summed E-state index contributed by atoms with van der Waals surface area (Å²) in [5.74, 6) is -2.49. The summed E-state index contributed by atoms with van der Waals surface area (Å²) >= 11 is 0. The molecule has 498 valence electrons. The second kappa shape index (κ2) is 30.5. The molecule has 7 aliphatic rings. The Bertz CT molecular complexity index is 2170. The van der Waals surface area contributed by atoms with Crippen LogP contribution in [0.5, 0.6) is 0 Å². The van der Waals surface area contributed by atoms with Crippen LogP contribution in [0.1, 0.15) is 27.7 Å². The molecule has 7 rings (SSSR count). The molecule has 0 spiro atoms. The highest BCUT2D eigenvalue weighted by Gasteiger charge is 2.58. The maximum atomic E-state index is 12.9. The number of rotatable bonds is 21. The van der Waals surface area contributed by atoms with E-state index < -0.39 is 272 Å². The van der Waals surface area contributed by atoms with E-state index in [1.807, 2.05) is 0 Å². The molecule has 0 aromatic rings. The van der Waals surface area contributed by atoms with Gasteiger partial charge in [-0.3, -0.25) is 14.4 Å². The number of carbonyl (C=O) groups is 3. The summed E-state index contributed by atoms with van der Waals surface area (Å²) in [6.07, 6.45) is -61.5. The summed E-state index contributed by atoms with van der Waals surface area (Å²) in [5.41, 5.74) is 0. The lowest BCUT2D eigenvalue weighted by atomic mass is 9.93. The third-order valence-electron chi connectivity index (χ3n) is 15.7. The zero-order valence-corrected chi connectivity index (χ0v) is 46.5. The van der Waals surface area contributed by atoms with Crippen molar-refractivity contribution >= 4 is 17.7 Å². The van der Waals surface area contributed by atoms with Gasteiger partial charge >= 0.3 is 0 Å². The van der Waals surface area contributed by atoms with Crippen LogP contribution in [0.2, 0.25) is 0 Å². The molecule has 86 heavy (non-hydrogen) atoms. The lowest BCUT2D eigenvalue weighted by molar-refractivity contribution is -0.394. The van der Waals surface area contributed by atoms with Crippen LogP contribution in [0, 0.1) is 0 Å². The average Bonchev–Trinajstić information content (AvgIpc) is 1.18. The molecule has 0 aromatic carbocycles. The predicted octanol–water partition coefficient (Wildman–Crippen LogP) is -14.8. The number of aliphatic hydroxyl groups is 19. The van der Waals surface area contributed by atoms with Gasteiger partial charge in [0.1, 0.15) is 165 Å². The van der Waals surface area contributed by atoms with Crippen molar-refractivity contribution in [3.05, 3.63) is 0 Å². The third kappa shape index (κ3) is 15.5. The van der Waals surface area contributed by atoms with E-state index in [1.165, 1.54) is 6.92 Å². The summed E-state index contributed by atoms with van der Waals surface area (Å²) in [6, 6.07) is -5.23. The number of ether oxygens (including phenoxy) is 13. The molecular formula is C48H81N3O35. The van der Waals surface area contributed by atoms with E-state index in [0.29, 0.717) is 0 Å². The van der Waals surface area contributed by atoms with Gasteiger partial charge in [-0.05, 0) is 6.92 Å². The van der Waals surface area contributed by atoms with Gasteiger partial charge in [0.15, 0.2) is 44.0 Å². The Morgan fingerprint density at radius 2 is 0.709 bits per heavy atom. The highest BCUT2D eigenvalue weighted by molar-refractivity contribution is 5.74. The van der Waals surface area contributed by atoms with Crippen LogP contribution in [-0.2, 0) is 76.0 Å². The lowest BCUT2D eigenvalue weighted by Gasteiger charge is -2.51. The van der Waals surface area contributed by atoms with E-state index in [4.69, 9.17) is 61.6 Å². The first-order chi connectivity index (χ1) is 40.6. The van der Waals surface area contributed by atoms with E-state index in [-0.39, 0.29) is 0 Å². The molecule has 22 N–H and O–H groups in total. The van der Waals surface area contributed by atoms with Crippen molar-refractivity contribution in [2.75, 3.05) is 39.6 Å². The molecule has 0 saturated carbocycles. The molecule has 0 aliphatic carbocycles. The maximum Gasteiger partial charge on any atom is 0.217 e. The number of hydrogen-bond acceptors (Lipinski definition) is 35. The van der Waals surface area contributed by atoms with Gasteiger partial charge in [0.25, 0.3) is 0 Å². The zero-order chi connectivity index (χ0) is 63.5. The molecule has 7 heterocycles. The fraction of sp³-hybridized carbons (Fsp3) is 0.938. The van der Waals surface area contributed by atoms with Crippen molar-refractivity contribution in [1.82, 2.24) is 16.0 Å². The molecule has 35 atom stereocenters. The molecule has 38 nitrogen and oxygen atoms in total. The standard InChI is InChI=1S/C48H81N3O35/c1-11-24(59)32(67)35(70)45(76-11)75-10-20-39(30(65)21(42(73)77-20)49-12(2)56)83-44-23(51-14(4)58)31(66)38(18(8-55)81-44)84-47-37(72)40(28(63)19(82-47)9-74-46-36(71)33(68)26(61)16(6-53)79-46)85-48-41(34(69)27(62)17(7-54)80-48)86-43-22(50-13(3)57)29(64)25(60)15(5-52)78-43/h11,15-48,52-55,59-73H,5-10H2,1-4H3,(H,49,56)(H,50,57)(H,51,58)/t11-,15+,16+,17+,18+,19+,20+,21+,22+,23+,24+,25+,26+,27+,28+,29+,30+,31+,32+,33-,34-,35-,36-,37-,38+,39+,40-,41-,42+,43+,44-,45+,46-,47-,48+/m0/s1. The van der Waals surface area contributed by atoms with Crippen molar-refractivity contribution in [3.8, 4) is 0 Å². The Labute approximate surface area is 488 Å². The molecule has 0 aromatic heterocycles.